The molecule has 8 nitrogen and oxygen atoms in total. The van der Waals surface area contributed by atoms with Crippen LogP contribution in [0.1, 0.15) is 19.8 Å². The van der Waals surface area contributed by atoms with Gasteiger partial charge >= 0.3 is 12.1 Å². The number of nitrogens with two attached hydrogens (primary N) is 1. The third kappa shape index (κ3) is 5.56. The monoisotopic (exact) mass is 272 g/mol. The normalized spacial score (nSPS) is 15.9. The predicted molar refractivity (Wildman–Crippen MR) is 67.3 cm³/mol. The maximum Gasteiger partial charge on any atom is 0.409 e. The van der Waals surface area contributed by atoms with E-state index in [1.165, 1.54) is 0 Å². The first-order valence-electron chi connectivity index (χ1n) is 6.27. The first-order chi connectivity index (χ1) is 9.02. The Balaban J connectivity index is 2.21. The van der Waals surface area contributed by atoms with E-state index in [-0.39, 0.29) is 18.7 Å². The fourth-order valence-corrected chi connectivity index (χ4v) is 1.90. The Labute approximate surface area is 111 Å². The van der Waals surface area contributed by atoms with Crippen LogP contribution < -0.4 is 16.4 Å². The Morgan fingerprint density at radius 1 is 1.32 bits per heavy atom. The van der Waals surface area contributed by atoms with Gasteiger partial charge in [0, 0.05) is 19.1 Å². The second kappa shape index (κ2) is 7.57. The van der Waals surface area contributed by atoms with Crippen molar-refractivity contribution in [3.05, 3.63) is 0 Å². The van der Waals surface area contributed by atoms with Crippen LogP contribution in [0.25, 0.3) is 0 Å². The van der Waals surface area contributed by atoms with Gasteiger partial charge in [-0.2, -0.15) is 0 Å². The zero-order valence-corrected chi connectivity index (χ0v) is 11.0. The van der Waals surface area contributed by atoms with Crippen molar-refractivity contribution < 1.29 is 19.1 Å². The minimum Gasteiger partial charge on any atom is -0.450 e. The second-order valence-corrected chi connectivity index (χ2v) is 4.25. The Morgan fingerprint density at radius 2 is 1.95 bits per heavy atom. The lowest BCUT2D eigenvalue weighted by molar-refractivity contribution is -0.119. The number of nitrogens with zero attached hydrogens (tertiary/aromatic N) is 1. The van der Waals surface area contributed by atoms with Gasteiger partial charge in [-0.3, -0.25) is 10.1 Å². The highest BCUT2D eigenvalue weighted by Crippen LogP contribution is 2.11. The van der Waals surface area contributed by atoms with Crippen LogP contribution in [0.15, 0.2) is 0 Å². The standard InChI is InChI=1S/C11H20N4O4/c1-2-19-11(18)15-5-3-8(4-6-15)13-7-9(16)14-10(12)17/h8,13H,2-7H2,1H3,(H3,12,14,16,17). The lowest BCUT2D eigenvalue weighted by Crippen LogP contribution is -2.48. The fourth-order valence-electron chi connectivity index (χ4n) is 1.90. The molecule has 4 amide bonds. The number of carbonyl (C=O) groups excluding carboxylic acids is 3. The van der Waals surface area contributed by atoms with Crippen LogP contribution in [0.2, 0.25) is 0 Å². The van der Waals surface area contributed by atoms with Crippen molar-refractivity contribution >= 4 is 18.0 Å². The first kappa shape index (κ1) is 15.2. The zero-order valence-electron chi connectivity index (χ0n) is 11.0. The maximum absolute atomic E-state index is 11.5. The molecule has 1 heterocycles. The molecule has 0 spiro atoms. The number of hydrogen-bond acceptors (Lipinski definition) is 5. The van der Waals surface area contributed by atoms with Gasteiger partial charge < -0.3 is 20.7 Å². The number of ether oxygens (including phenoxy) is 1. The lowest BCUT2D eigenvalue weighted by atomic mass is 10.1. The van der Waals surface area contributed by atoms with Crippen LogP contribution in [0, 0.1) is 0 Å². The molecule has 0 unspecified atom stereocenters. The van der Waals surface area contributed by atoms with Crippen molar-refractivity contribution in [1.29, 1.82) is 0 Å². The van der Waals surface area contributed by atoms with Crippen LogP contribution in [-0.2, 0) is 9.53 Å². The van der Waals surface area contributed by atoms with Crippen molar-refractivity contribution in [3.63, 3.8) is 0 Å². The van der Waals surface area contributed by atoms with E-state index >= 15 is 0 Å². The summed E-state index contributed by atoms with van der Waals surface area (Å²) in [4.78, 5) is 34.7. The van der Waals surface area contributed by atoms with E-state index in [1.54, 1.807) is 11.8 Å². The van der Waals surface area contributed by atoms with E-state index in [2.05, 4.69) is 5.32 Å². The van der Waals surface area contributed by atoms with Crippen LogP contribution in [0.4, 0.5) is 9.59 Å². The molecule has 1 aliphatic heterocycles. The van der Waals surface area contributed by atoms with E-state index in [1.807, 2.05) is 5.32 Å². The Hall–Kier alpha value is -1.83. The minimum absolute atomic E-state index is 0.0347. The van der Waals surface area contributed by atoms with Crippen LogP contribution >= 0.6 is 0 Å². The topological polar surface area (TPSA) is 114 Å². The molecule has 1 aliphatic rings. The molecule has 0 aliphatic carbocycles. The molecule has 4 N–H and O–H groups in total. The molecule has 108 valence electrons. The lowest BCUT2D eigenvalue weighted by Gasteiger charge is -2.31. The molecule has 19 heavy (non-hydrogen) atoms. The summed E-state index contributed by atoms with van der Waals surface area (Å²) in [6.45, 7) is 3.35. The van der Waals surface area contributed by atoms with Crippen molar-refractivity contribution in [2.24, 2.45) is 5.73 Å². The van der Waals surface area contributed by atoms with E-state index in [9.17, 15) is 14.4 Å². The summed E-state index contributed by atoms with van der Waals surface area (Å²) in [5, 5.41) is 5.00. The summed E-state index contributed by atoms with van der Waals surface area (Å²) in [6, 6.07) is -0.715. The largest absolute Gasteiger partial charge is 0.450 e. The highest BCUT2D eigenvalue weighted by Gasteiger charge is 2.23. The molecule has 0 aromatic rings. The number of urea groups is 1. The summed E-state index contributed by atoms with van der Waals surface area (Å²) in [5.74, 6) is -0.458. The third-order valence-corrected chi connectivity index (χ3v) is 2.83. The number of primary amides is 1. The Kier molecular flexibility index (Phi) is 6.07. The average molecular weight is 272 g/mol. The number of likely N-dealkylation sites (tertiary alicyclic amines) is 1. The Bertz CT molecular complexity index is 340. The molecular weight excluding hydrogens is 252 g/mol. The van der Waals surface area contributed by atoms with Gasteiger partial charge in [-0.15, -0.1) is 0 Å². The molecule has 0 aromatic carbocycles. The molecule has 0 radical (unpaired) electrons. The van der Waals surface area contributed by atoms with Gasteiger partial charge in [0.25, 0.3) is 0 Å². The average Bonchev–Trinajstić information content (AvgIpc) is 2.36. The second-order valence-electron chi connectivity index (χ2n) is 4.25. The molecule has 1 rings (SSSR count). The predicted octanol–water partition coefficient (Wildman–Crippen LogP) is -0.608. The van der Waals surface area contributed by atoms with E-state index in [0.29, 0.717) is 19.7 Å². The summed E-state index contributed by atoms with van der Waals surface area (Å²) >= 11 is 0. The molecule has 1 saturated heterocycles. The van der Waals surface area contributed by atoms with Crippen LogP contribution in [-0.4, -0.2) is 55.2 Å². The minimum atomic E-state index is -0.857. The van der Waals surface area contributed by atoms with Gasteiger partial charge in [0.2, 0.25) is 5.91 Å². The zero-order chi connectivity index (χ0) is 14.3. The molecule has 0 saturated carbocycles. The molecule has 0 bridgehead atoms. The van der Waals surface area contributed by atoms with E-state index < -0.39 is 11.9 Å². The molecule has 1 fully saturated rings. The maximum atomic E-state index is 11.5. The smallest absolute Gasteiger partial charge is 0.409 e. The van der Waals surface area contributed by atoms with Crippen molar-refractivity contribution in [1.82, 2.24) is 15.5 Å². The molecule has 0 aromatic heterocycles. The number of imide groups is 1. The highest BCUT2D eigenvalue weighted by molar-refractivity contribution is 5.94. The first-order valence-corrected chi connectivity index (χ1v) is 6.27. The van der Waals surface area contributed by atoms with E-state index in [0.717, 1.165) is 12.8 Å². The summed E-state index contributed by atoms with van der Waals surface area (Å²) < 4.78 is 4.91. The third-order valence-electron chi connectivity index (χ3n) is 2.83. The molecular formula is C11H20N4O4. The number of hydrogen-bond donors (Lipinski definition) is 3. The number of rotatable bonds is 4. The van der Waals surface area contributed by atoms with Crippen LogP contribution in [0.3, 0.4) is 0 Å². The number of piperidine rings is 1. The number of carbonyl (C=O) groups is 3. The fraction of sp³-hybridized carbons (Fsp3) is 0.727. The summed E-state index contributed by atoms with van der Waals surface area (Å²) in [5.41, 5.74) is 4.83. The van der Waals surface area contributed by atoms with Crippen molar-refractivity contribution in [2.75, 3.05) is 26.2 Å². The Morgan fingerprint density at radius 3 is 2.47 bits per heavy atom. The van der Waals surface area contributed by atoms with Gasteiger partial charge in [0.15, 0.2) is 0 Å². The quantitative estimate of drug-likeness (QED) is 0.632. The SMILES string of the molecule is CCOC(=O)N1CCC(NCC(=O)NC(N)=O)CC1. The van der Waals surface area contributed by atoms with Gasteiger partial charge in [-0.05, 0) is 19.8 Å². The number of amides is 4. The van der Waals surface area contributed by atoms with Gasteiger partial charge in [-0.25, -0.2) is 9.59 Å². The van der Waals surface area contributed by atoms with Crippen LogP contribution in [0.5, 0.6) is 0 Å². The summed E-state index contributed by atoms with van der Waals surface area (Å²) in [7, 11) is 0. The highest BCUT2D eigenvalue weighted by atomic mass is 16.6. The number of nitrogens with one attached hydrogen (secondary N) is 2. The van der Waals surface area contributed by atoms with Gasteiger partial charge in [0.05, 0.1) is 13.2 Å². The summed E-state index contributed by atoms with van der Waals surface area (Å²) in [6.07, 6.45) is 1.18. The van der Waals surface area contributed by atoms with Gasteiger partial charge in [-0.1, -0.05) is 0 Å². The van der Waals surface area contributed by atoms with Crippen molar-refractivity contribution in [3.8, 4) is 0 Å². The van der Waals surface area contributed by atoms with E-state index in [4.69, 9.17) is 10.5 Å². The van der Waals surface area contributed by atoms with Crippen molar-refractivity contribution in [2.45, 2.75) is 25.8 Å². The van der Waals surface area contributed by atoms with Gasteiger partial charge in [0.1, 0.15) is 0 Å². The molecule has 8 heteroatoms. The molecule has 0 atom stereocenters.